The minimum atomic E-state index is -4.37. The van der Waals surface area contributed by atoms with Crippen molar-refractivity contribution in [3.63, 3.8) is 0 Å². The Labute approximate surface area is 124 Å². The van der Waals surface area contributed by atoms with E-state index in [2.05, 4.69) is 4.98 Å². The summed E-state index contributed by atoms with van der Waals surface area (Å²) in [6.45, 7) is 0. The van der Waals surface area contributed by atoms with E-state index in [1.165, 1.54) is 12.3 Å². The van der Waals surface area contributed by atoms with Crippen molar-refractivity contribution in [2.45, 2.75) is 18.0 Å². The van der Waals surface area contributed by atoms with E-state index in [0.717, 1.165) is 17.7 Å². The summed E-state index contributed by atoms with van der Waals surface area (Å²) in [6.07, 6.45) is -0.991. The SMILES string of the molecule is FC(F)(F)c1cccc(C(Cl)Cc2ccncc2Cl)c1. The van der Waals surface area contributed by atoms with Gasteiger partial charge in [-0.2, -0.15) is 13.2 Å². The lowest BCUT2D eigenvalue weighted by molar-refractivity contribution is -0.137. The number of aromatic nitrogens is 1. The maximum Gasteiger partial charge on any atom is 0.416 e. The Morgan fingerprint density at radius 3 is 2.60 bits per heavy atom. The van der Waals surface area contributed by atoms with Crippen LogP contribution in [0.3, 0.4) is 0 Å². The second-order valence-electron chi connectivity index (χ2n) is 4.26. The maximum atomic E-state index is 12.6. The van der Waals surface area contributed by atoms with Gasteiger partial charge in [0.2, 0.25) is 0 Å². The normalized spacial score (nSPS) is 13.2. The monoisotopic (exact) mass is 319 g/mol. The van der Waals surface area contributed by atoms with Crippen molar-refractivity contribution in [1.82, 2.24) is 4.98 Å². The van der Waals surface area contributed by atoms with Crippen LogP contribution in [0, 0.1) is 0 Å². The highest BCUT2D eigenvalue weighted by molar-refractivity contribution is 6.31. The molecule has 1 heterocycles. The van der Waals surface area contributed by atoms with Crippen LogP contribution in [0.1, 0.15) is 22.1 Å². The number of alkyl halides is 4. The van der Waals surface area contributed by atoms with Gasteiger partial charge in [0.05, 0.1) is 16.0 Å². The molecule has 20 heavy (non-hydrogen) atoms. The fourth-order valence-corrected chi connectivity index (χ4v) is 2.29. The molecule has 0 amide bonds. The first-order valence-electron chi connectivity index (χ1n) is 5.77. The quantitative estimate of drug-likeness (QED) is 0.702. The van der Waals surface area contributed by atoms with Crippen LogP contribution in [0.5, 0.6) is 0 Å². The lowest BCUT2D eigenvalue weighted by Crippen LogP contribution is -2.06. The molecule has 0 aliphatic carbocycles. The average molecular weight is 320 g/mol. The van der Waals surface area contributed by atoms with E-state index in [0.29, 0.717) is 17.0 Å². The van der Waals surface area contributed by atoms with Crippen LogP contribution < -0.4 is 0 Å². The molecule has 2 aromatic rings. The van der Waals surface area contributed by atoms with Gasteiger partial charge >= 0.3 is 6.18 Å². The molecular weight excluding hydrogens is 310 g/mol. The Bertz CT molecular complexity index is 599. The Kier molecular flexibility index (Phi) is 4.55. The second kappa shape index (κ2) is 6.02. The van der Waals surface area contributed by atoms with E-state index >= 15 is 0 Å². The summed E-state index contributed by atoms with van der Waals surface area (Å²) in [5, 5.41) is -0.137. The first-order valence-corrected chi connectivity index (χ1v) is 6.59. The molecule has 0 bridgehead atoms. The van der Waals surface area contributed by atoms with Gasteiger partial charge in [-0.25, -0.2) is 0 Å². The van der Waals surface area contributed by atoms with Crippen molar-refractivity contribution < 1.29 is 13.2 Å². The maximum absolute atomic E-state index is 12.6. The van der Waals surface area contributed by atoms with Crippen LogP contribution in [0.4, 0.5) is 13.2 Å². The molecule has 2 rings (SSSR count). The third-order valence-electron chi connectivity index (χ3n) is 2.83. The van der Waals surface area contributed by atoms with E-state index in [1.54, 1.807) is 18.3 Å². The van der Waals surface area contributed by atoms with Crippen molar-refractivity contribution in [2.75, 3.05) is 0 Å². The van der Waals surface area contributed by atoms with E-state index in [1.807, 2.05) is 0 Å². The molecule has 0 saturated heterocycles. The van der Waals surface area contributed by atoms with Gasteiger partial charge in [0.25, 0.3) is 0 Å². The first-order chi connectivity index (χ1) is 9.38. The number of hydrogen-bond donors (Lipinski definition) is 0. The summed E-state index contributed by atoms with van der Waals surface area (Å²) in [7, 11) is 0. The molecule has 1 aromatic carbocycles. The highest BCUT2D eigenvalue weighted by Crippen LogP contribution is 2.33. The largest absolute Gasteiger partial charge is 0.416 e. The van der Waals surface area contributed by atoms with Gasteiger partial charge in [-0.05, 0) is 29.7 Å². The molecule has 1 unspecified atom stereocenters. The standard InChI is InChI=1S/C14H10Cl2F3N/c15-12(7-10-4-5-20-8-13(10)16)9-2-1-3-11(6-9)14(17,18)19/h1-6,8,12H,7H2. The van der Waals surface area contributed by atoms with Crippen molar-refractivity contribution in [3.05, 3.63) is 64.4 Å². The van der Waals surface area contributed by atoms with Crippen LogP contribution in [-0.2, 0) is 12.6 Å². The average Bonchev–Trinajstić information content (AvgIpc) is 2.40. The lowest BCUT2D eigenvalue weighted by atomic mass is 10.0. The molecule has 1 aromatic heterocycles. The minimum Gasteiger partial charge on any atom is -0.263 e. The summed E-state index contributed by atoms with van der Waals surface area (Å²) < 4.78 is 37.9. The van der Waals surface area contributed by atoms with E-state index < -0.39 is 17.1 Å². The van der Waals surface area contributed by atoms with Gasteiger partial charge in [0.1, 0.15) is 0 Å². The zero-order valence-corrected chi connectivity index (χ0v) is 11.7. The molecule has 1 atom stereocenters. The molecule has 1 nitrogen and oxygen atoms in total. The van der Waals surface area contributed by atoms with Gasteiger partial charge in [-0.15, -0.1) is 11.6 Å². The van der Waals surface area contributed by atoms with E-state index in [-0.39, 0.29) is 0 Å². The molecule has 0 N–H and O–H groups in total. The molecule has 0 spiro atoms. The predicted molar refractivity (Wildman–Crippen MR) is 73.0 cm³/mol. The summed E-state index contributed by atoms with van der Waals surface area (Å²) in [5.74, 6) is 0. The molecule has 0 fully saturated rings. The Hall–Kier alpha value is -1.26. The molecule has 0 aliphatic heterocycles. The van der Waals surface area contributed by atoms with Gasteiger partial charge < -0.3 is 0 Å². The van der Waals surface area contributed by atoms with Crippen LogP contribution in [0.2, 0.25) is 5.02 Å². The molecule has 6 heteroatoms. The van der Waals surface area contributed by atoms with E-state index in [9.17, 15) is 13.2 Å². The van der Waals surface area contributed by atoms with Crippen LogP contribution in [0.25, 0.3) is 0 Å². The van der Waals surface area contributed by atoms with Gasteiger partial charge in [-0.3, -0.25) is 4.98 Å². The first kappa shape index (κ1) is 15.1. The molecule has 0 aliphatic rings. The number of hydrogen-bond acceptors (Lipinski definition) is 1. The van der Waals surface area contributed by atoms with Gasteiger partial charge in [0, 0.05) is 12.4 Å². The van der Waals surface area contributed by atoms with Crippen molar-refractivity contribution in [2.24, 2.45) is 0 Å². The predicted octanol–water partition coefficient (Wildman–Crippen LogP) is 5.28. The number of benzene rings is 1. The summed E-state index contributed by atoms with van der Waals surface area (Å²) in [4.78, 5) is 3.85. The van der Waals surface area contributed by atoms with E-state index in [4.69, 9.17) is 23.2 Å². The molecule has 0 radical (unpaired) electrons. The third kappa shape index (κ3) is 3.64. The number of halogens is 5. The fourth-order valence-electron chi connectivity index (χ4n) is 1.79. The fraction of sp³-hybridized carbons (Fsp3) is 0.214. The van der Waals surface area contributed by atoms with Gasteiger partial charge in [-0.1, -0.05) is 29.8 Å². The van der Waals surface area contributed by atoms with Crippen LogP contribution >= 0.6 is 23.2 Å². The Morgan fingerprint density at radius 1 is 1.20 bits per heavy atom. The van der Waals surface area contributed by atoms with Crippen LogP contribution in [0.15, 0.2) is 42.7 Å². The Morgan fingerprint density at radius 2 is 1.95 bits per heavy atom. The lowest BCUT2D eigenvalue weighted by Gasteiger charge is -2.13. The highest BCUT2D eigenvalue weighted by atomic mass is 35.5. The summed E-state index contributed by atoms with van der Waals surface area (Å²) in [6, 6.07) is 6.70. The second-order valence-corrected chi connectivity index (χ2v) is 5.20. The smallest absolute Gasteiger partial charge is 0.263 e. The zero-order valence-electron chi connectivity index (χ0n) is 10.2. The van der Waals surface area contributed by atoms with Crippen molar-refractivity contribution in [3.8, 4) is 0 Å². The topological polar surface area (TPSA) is 12.9 Å². The minimum absolute atomic E-state index is 0.338. The summed E-state index contributed by atoms with van der Waals surface area (Å²) in [5.41, 5.74) is 0.454. The number of rotatable bonds is 3. The number of pyridine rings is 1. The summed E-state index contributed by atoms with van der Waals surface area (Å²) >= 11 is 12.1. The molecule has 0 saturated carbocycles. The molecular formula is C14H10Cl2F3N. The van der Waals surface area contributed by atoms with Crippen LogP contribution in [-0.4, -0.2) is 4.98 Å². The van der Waals surface area contributed by atoms with Gasteiger partial charge in [0.15, 0.2) is 0 Å². The van der Waals surface area contributed by atoms with Crippen molar-refractivity contribution >= 4 is 23.2 Å². The third-order valence-corrected chi connectivity index (χ3v) is 3.58. The molecule has 106 valence electrons. The zero-order chi connectivity index (χ0) is 14.8. The highest BCUT2D eigenvalue weighted by Gasteiger charge is 2.30. The van der Waals surface area contributed by atoms with Crippen molar-refractivity contribution in [1.29, 1.82) is 0 Å². The Balaban J connectivity index is 2.22. The number of nitrogens with zero attached hydrogens (tertiary/aromatic N) is 1.